The van der Waals surface area contributed by atoms with Crippen molar-refractivity contribution in [3.05, 3.63) is 253 Å². The molecule has 4 amide bonds. The predicted molar refractivity (Wildman–Crippen MR) is 426 cm³/mol. The Kier molecular flexibility index (Phi) is 23.7. The van der Waals surface area contributed by atoms with Crippen molar-refractivity contribution in [2.75, 3.05) is 63.5 Å². The van der Waals surface area contributed by atoms with Gasteiger partial charge in [-0.15, -0.1) is 0 Å². The van der Waals surface area contributed by atoms with E-state index < -0.39 is 17.5 Å². The van der Waals surface area contributed by atoms with E-state index >= 15 is 0 Å². The summed E-state index contributed by atoms with van der Waals surface area (Å²) in [5.74, 6) is -0.551. The molecule has 3 saturated heterocycles. The molecule has 6 aromatic heterocycles. The zero-order valence-electron chi connectivity index (χ0n) is 62.3. The van der Waals surface area contributed by atoms with Crippen LogP contribution in [-0.4, -0.2) is 160 Å². The van der Waals surface area contributed by atoms with Crippen molar-refractivity contribution in [1.82, 2.24) is 78.8 Å². The lowest BCUT2D eigenvalue weighted by atomic mass is 9.98. The first-order chi connectivity index (χ1) is 54.3. The third kappa shape index (κ3) is 16.9. The number of Topliss-reactive ketones (excluding diaryl/α,β-unsaturated/α-hetero) is 2. The number of amides is 4. The smallest absolute Gasteiger partial charge is 0.256 e. The number of carbonyl (C=O) groups is 6. The van der Waals surface area contributed by atoms with E-state index in [9.17, 15) is 37.5 Å². The fraction of sp³-hybridized carbons (Fsp3) is 0.259. The largest absolute Gasteiger partial charge is 0.383 e. The Morgan fingerprint density at radius 1 is 0.473 bits per heavy atom. The molecule has 0 aliphatic carbocycles. The minimum atomic E-state index is -0.545. The van der Waals surface area contributed by atoms with Crippen LogP contribution in [0.25, 0.3) is 66.9 Å². The van der Waals surface area contributed by atoms with Gasteiger partial charge in [0.05, 0.1) is 39.8 Å². The van der Waals surface area contributed by atoms with Gasteiger partial charge in [0.15, 0.2) is 28.5 Å². The number of carbonyl (C=O) groups excluding carboxylic acids is 6. The van der Waals surface area contributed by atoms with Crippen LogP contribution < -0.4 is 17.2 Å². The number of benzene rings is 6. The predicted octanol–water partition coefficient (Wildman–Crippen LogP) is 12.8. The number of anilines is 3. The van der Waals surface area contributed by atoms with Crippen molar-refractivity contribution in [1.29, 1.82) is 0 Å². The molecular formula is C85H85F2N19O6. The Hall–Kier alpha value is -13.3. The molecule has 9 heterocycles. The van der Waals surface area contributed by atoms with Crippen LogP contribution in [0.1, 0.15) is 123 Å². The van der Waals surface area contributed by atoms with E-state index in [0.29, 0.717) is 138 Å². The molecule has 3 aliphatic rings. The summed E-state index contributed by atoms with van der Waals surface area (Å²) in [4.78, 5) is 107. The van der Waals surface area contributed by atoms with Crippen LogP contribution in [0.3, 0.4) is 0 Å². The van der Waals surface area contributed by atoms with Gasteiger partial charge in [0.2, 0.25) is 17.7 Å². The first kappa shape index (κ1) is 76.9. The van der Waals surface area contributed by atoms with Crippen LogP contribution in [0, 0.1) is 18.6 Å². The third-order valence-electron chi connectivity index (χ3n) is 20.7. The fourth-order valence-electron chi connectivity index (χ4n) is 14.8. The number of aryl methyl sites for hydroxylation is 3. The molecule has 0 saturated carbocycles. The topological polar surface area (TPSA) is 324 Å². The van der Waals surface area contributed by atoms with Crippen molar-refractivity contribution in [2.24, 2.45) is 0 Å². The lowest BCUT2D eigenvalue weighted by Crippen LogP contribution is -2.40. The van der Waals surface area contributed by atoms with Gasteiger partial charge in [-0.3, -0.25) is 28.8 Å². The average Bonchev–Trinajstić information content (AvgIpc) is 1.62. The minimum Gasteiger partial charge on any atom is -0.383 e. The second-order valence-electron chi connectivity index (χ2n) is 28.0. The maximum Gasteiger partial charge on any atom is 0.256 e. The van der Waals surface area contributed by atoms with Gasteiger partial charge in [-0.25, -0.2) is 52.7 Å². The zero-order chi connectivity index (χ0) is 78.7. The number of halogens is 2. The third-order valence-corrected chi connectivity index (χ3v) is 20.7. The molecule has 0 unspecified atom stereocenters. The van der Waals surface area contributed by atoms with Crippen molar-refractivity contribution >= 4 is 85.7 Å². The highest BCUT2D eigenvalue weighted by molar-refractivity contribution is 6.02. The highest BCUT2D eigenvalue weighted by Crippen LogP contribution is 2.38. The highest BCUT2D eigenvalue weighted by Gasteiger charge is 2.32. The molecule has 15 rings (SSSR count). The minimum absolute atomic E-state index is 0.0186. The summed E-state index contributed by atoms with van der Waals surface area (Å²) in [7, 11) is 1.64. The Morgan fingerprint density at radius 3 is 1.25 bits per heavy atom. The van der Waals surface area contributed by atoms with Gasteiger partial charge in [0, 0.05) is 93.5 Å². The van der Waals surface area contributed by atoms with E-state index in [0.717, 1.165) is 83.0 Å². The molecule has 0 bridgehead atoms. The summed E-state index contributed by atoms with van der Waals surface area (Å²) in [6, 6.07) is 42.7. The Labute approximate surface area is 645 Å². The first-order valence-corrected chi connectivity index (χ1v) is 37.1. The van der Waals surface area contributed by atoms with Crippen LogP contribution in [-0.2, 0) is 33.8 Å². The standard InChI is InChI=1S/C29H30N6O2.C28H28FN7O2.C28H27FN6O2/c1-3-25(37)34-16-6-8-22(17-34)35-29-26(28(30)31-18-32-29)27(33-35)21-13-10-20(11-14-21)12-15-24(36)23-9-5-4-7-19(23)2;1-3-23(37)35-14-6-7-20(16-35)36-27-24(26(30)31-17-32-27)25(33-36)19-12-10-18(11-13-19)15-34(2)28(38)21-8-4-5-9-22(21)29;1-2-24(37)34-14-4-7-22(16-34)35-28-25(27(30)31-17-32-28)26(33-35)19-11-8-18(9-12-19)10-13-23(36)20-5-3-6-21(29)15-20/h3-5,7,9-11,13-14,18,22H,1,6,8,12,15-17H2,2H3,(H2,30,31,32);3-5,8-13,17,20H,1,6-7,14-16H2,2H3,(H2,30,31,32);2-3,5-6,8-9,11-12,15,17,22H,1,4,7,10,13-14,16H2,(H2,30,31,32)/t22-;20-;22-/m111/s1. The molecule has 112 heavy (non-hydrogen) atoms. The SMILES string of the molecule is C=CC(=O)N1CCC[C@@H](n2nc(-c3ccc(CCC(=O)c4cccc(F)c4)cc3)c3c(N)ncnc32)C1.C=CC(=O)N1CCC[C@@H](n2nc(-c3ccc(CCC(=O)c4ccccc4C)cc3)c3c(N)ncnc32)C1.C=CC(=O)N1CCC[C@@H](n2nc(-c3ccc(CN(C)C(=O)c4ccccc4F)cc3)c3c(N)ncnc32)C1. The van der Waals surface area contributed by atoms with Crippen molar-refractivity contribution < 1.29 is 37.5 Å². The van der Waals surface area contributed by atoms with Gasteiger partial charge in [0.25, 0.3) is 5.91 Å². The fourth-order valence-corrected chi connectivity index (χ4v) is 14.8. The Bertz CT molecular complexity index is 5550. The van der Waals surface area contributed by atoms with E-state index in [1.807, 2.05) is 118 Å². The van der Waals surface area contributed by atoms with Gasteiger partial charge in [-0.1, -0.05) is 141 Å². The Balaban J connectivity index is 0.000000147. The number of hydrogen-bond acceptors (Lipinski definition) is 18. The van der Waals surface area contributed by atoms with E-state index in [4.69, 9.17) is 32.5 Å². The van der Waals surface area contributed by atoms with Crippen LogP contribution in [0.5, 0.6) is 0 Å². The van der Waals surface area contributed by atoms with E-state index in [2.05, 4.69) is 49.6 Å². The maximum absolute atomic E-state index is 14.1. The number of fused-ring (bicyclic) bond motifs is 3. The number of hydrogen-bond donors (Lipinski definition) is 3. The normalized spacial score (nSPS) is 15.5. The summed E-state index contributed by atoms with van der Waals surface area (Å²) >= 11 is 0. The van der Waals surface area contributed by atoms with E-state index in [1.165, 1.54) is 66.4 Å². The first-order valence-electron chi connectivity index (χ1n) is 37.1. The lowest BCUT2D eigenvalue weighted by Gasteiger charge is -2.32. The molecule has 12 aromatic rings. The number of rotatable bonds is 20. The van der Waals surface area contributed by atoms with Gasteiger partial charge in [-0.2, -0.15) is 15.3 Å². The van der Waals surface area contributed by atoms with Crippen molar-refractivity contribution in [3.8, 4) is 33.8 Å². The van der Waals surface area contributed by atoms with Crippen LogP contribution in [0.4, 0.5) is 26.2 Å². The molecule has 0 radical (unpaired) electrons. The average molecular weight is 1510 g/mol. The summed E-state index contributed by atoms with van der Waals surface area (Å²) in [5.41, 5.74) is 30.4. The number of ketones is 2. The van der Waals surface area contributed by atoms with Crippen LogP contribution in [0.15, 0.2) is 203 Å². The number of aromatic nitrogens is 12. The monoisotopic (exact) mass is 1510 g/mol. The molecule has 6 N–H and O–H groups in total. The van der Waals surface area contributed by atoms with Crippen molar-refractivity contribution in [2.45, 2.75) is 95.8 Å². The summed E-state index contributed by atoms with van der Waals surface area (Å²) in [5, 5.41) is 16.8. The lowest BCUT2D eigenvalue weighted by molar-refractivity contribution is -0.128. The van der Waals surface area contributed by atoms with E-state index in [1.54, 1.807) is 46.0 Å². The number of nitrogen functional groups attached to an aromatic ring is 3. The summed E-state index contributed by atoms with van der Waals surface area (Å²) in [6.07, 6.45) is 15.4. The van der Waals surface area contributed by atoms with Crippen LogP contribution >= 0.6 is 0 Å². The van der Waals surface area contributed by atoms with Gasteiger partial charge in [-0.05, 0) is 123 Å². The molecule has 27 heteroatoms. The number of nitrogens with zero attached hydrogens (tertiary/aromatic N) is 16. The zero-order valence-corrected chi connectivity index (χ0v) is 62.3. The molecular weight excluding hydrogens is 1420 g/mol. The van der Waals surface area contributed by atoms with Gasteiger partial charge in [0.1, 0.15) is 65.2 Å². The quantitative estimate of drug-likeness (QED) is 0.0471. The maximum atomic E-state index is 14.1. The number of nitrogens with two attached hydrogens (primary N) is 3. The number of piperidine rings is 3. The molecule has 25 nitrogen and oxygen atoms in total. The van der Waals surface area contributed by atoms with Gasteiger partial charge < -0.3 is 36.8 Å². The molecule has 6 aromatic carbocycles. The molecule has 570 valence electrons. The summed E-state index contributed by atoms with van der Waals surface area (Å²) in [6.45, 7) is 16.7. The van der Waals surface area contributed by atoms with Gasteiger partial charge >= 0.3 is 0 Å². The Morgan fingerprint density at radius 2 is 0.857 bits per heavy atom. The molecule has 3 fully saturated rings. The molecule has 3 aliphatic heterocycles. The molecule has 0 spiro atoms. The highest BCUT2D eigenvalue weighted by atomic mass is 19.1. The molecule has 3 atom stereocenters. The van der Waals surface area contributed by atoms with Crippen molar-refractivity contribution in [3.63, 3.8) is 0 Å². The van der Waals surface area contributed by atoms with E-state index in [-0.39, 0.29) is 59.4 Å². The van der Waals surface area contributed by atoms with Crippen LogP contribution in [0.2, 0.25) is 0 Å². The second-order valence-corrected chi connectivity index (χ2v) is 28.0. The summed E-state index contributed by atoms with van der Waals surface area (Å²) < 4.78 is 33.1. The number of likely N-dealkylation sites (tertiary alicyclic amines) is 3. The second kappa shape index (κ2) is 34.5.